The average molecular weight is 251 g/mol. The molecule has 0 saturated heterocycles. The van der Waals surface area contributed by atoms with Crippen LogP contribution in [-0.2, 0) is 6.54 Å². The first-order chi connectivity index (χ1) is 9.29. The summed E-state index contributed by atoms with van der Waals surface area (Å²) in [5, 5.41) is 1.15. The summed E-state index contributed by atoms with van der Waals surface area (Å²) in [6.45, 7) is 4.35. The standard InChI is InChI=1S/C17H14FN/c1-2-15-11-13-7-4-6-10-17(13)19(15)12-14-8-3-5-9-16(14)18/h2-11H,1,12H2. The van der Waals surface area contributed by atoms with Crippen LogP contribution in [0, 0.1) is 5.82 Å². The number of nitrogens with zero attached hydrogens (tertiary/aromatic N) is 1. The molecule has 1 heterocycles. The Morgan fingerprint density at radius 3 is 2.58 bits per heavy atom. The van der Waals surface area contributed by atoms with Crippen molar-refractivity contribution in [2.75, 3.05) is 0 Å². The van der Waals surface area contributed by atoms with Gasteiger partial charge in [-0.1, -0.05) is 43.0 Å². The Balaban J connectivity index is 2.14. The average Bonchev–Trinajstić information content (AvgIpc) is 2.79. The molecule has 0 aliphatic heterocycles. The highest BCUT2D eigenvalue weighted by Crippen LogP contribution is 2.22. The summed E-state index contributed by atoms with van der Waals surface area (Å²) in [7, 11) is 0. The van der Waals surface area contributed by atoms with E-state index in [2.05, 4.69) is 23.3 Å². The molecular weight excluding hydrogens is 237 g/mol. The molecule has 94 valence electrons. The topological polar surface area (TPSA) is 4.93 Å². The van der Waals surface area contributed by atoms with Gasteiger partial charge in [0.25, 0.3) is 0 Å². The van der Waals surface area contributed by atoms with Gasteiger partial charge in [0.15, 0.2) is 0 Å². The number of fused-ring (bicyclic) bond motifs is 1. The van der Waals surface area contributed by atoms with E-state index in [0.29, 0.717) is 12.1 Å². The minimum atomic E-state index is -0.171. The van der Waals surface area contributed by atoms with Crippen LogP contribution < -0.4 is 0 Å². The molecule has 1 aromatic heterocycles. The maximum absolute atomic E-state index is 13.8. The SMILES string of the molecule is C=Cc1cc2ccccc2n1Cc1ccccc1F. The van der Waals surface area contributed by atoms with Gasteiger partial charge in [-0.25, -0.2) is 4.39 Å². The van der Waals surface area contributed by atoms with Crippen LogP contribution in [0.4, 0.5) is 4.39 Å². The van der Waals surface area contributed by atoms with Crippen molar-refractivity contribution in [3.8, 4) is 0 Å². The molecule has 0 aliphatic carbocycles. The van der Waals surface area contributed by atoms with Gasteiger partial charge in [-0.3, -0.25) is 0 Å². The van der Waals surface area contributed by atoms with E-state index in [1.54, 1.807) is 12.1 Å². The highest BCUT2D eigenvalue weighted by Gasteiger charge is 2.08. The first kappa shape index (κ1) is 11.7. The lowest BCUT2D eigenvalue weighted by atomic mass is 10.2. The number of hydrogen-bond acceptors (Lipinski definition) is 0. The zero-order valence-electron chi connectivity index (χ0n) is 10.5. The van der Waals surface area contributed by atoms with Crippen molar-refractivity contribution in [3.63, 3.8) is 0 Å². The quantitative estimate of drug-likeness (QED) is 0.647. The van der Waals surface area contributed by atoms with Crippen LogP contribution in [0.3, 0.4) is 0 Å². The molecule has 0 bridgehead atoms. The van der Waals surface area contributed by atoms with Gasteiger partial charge in [0.1, 0.15) is 5.82 Å². The van der Waals surface area contributed by atoms with Gasteiger partial charge < -0.3 is 4.57 Å². The molecule has 0 atom stereocenters. The normalized spacial score (nSPS) is 10.8. The zero-order valence-corrected chi connectivity index (χ0v) is 10.5. The van der Waals surface area contributed by atoms with Crippen LogP contribution >= 0.6 is 0 Å². The molecular formula is C17H14FN. The number of hydrogen-bond donors (Lipinski definition) is 0. The molecule has 1 nitrogen and oxygen atoms in total. The Bertz CT molecular complexity index is 740. The van der Waals surface area contributed by atoms with Gasteiger partial charge in [-0.05, 0) is 24.3 Å². The molecule has 0 amide bonds. The summed E-state index contributed by atoms with van der Waals surface area (Å²) < 4.78 is 15.9. The summed E-state index contributed by atoms with van der Waals surface area (Å²) in [5.74, 6) is -0.171. The van der Waals surface area contributed by atoms with Crippen LogP contribution in [0.2, 0.25) is 0 Å². The maximum Gasteiger partial charge on any atom is 0.128 e. The second kappa shape index (κ2) is 4.73. The predicted molar refractivity (Wildman–Crippen MR) is 77.5 cm³/mol. The van der Waals surface area contributed by atoms with Crippen molar-refractivity contribution in [3.05, 3.63) is 78.3 Å². The Morgan fingerprint density at radius 1 is 1.05 bits per heavy atom. The van der Waals surface area contributed by atoms with E-state index in [1.165, 1.54) is 6.07 Å². The fourth-order valence-corrected chi connectivity index (χ4v) is 2.37. The molecule has 3 aromatic rings. The summed E-state index contributed by atoms with van der Waals surface area (Å²) in [4.78, 5) is 0. The summed E-state index contributed by atoms with van der Waals surface area (Å²) >= 11 is 0. The molecule has 2 aromatic carbocycles. The number of benzene rings is 2. The number of para-hydroxylation sites is 1. The number of halogens is 1. The van der Waals surface area contributed by atoms with Gasteiger partial charge in [0, 0.05) is 22.2 Å². The number of aromatic nitrogens is 1. The molecule has 0 radical (unpaired) electrons. The molecule has 0 N–H and O–H groups in total. The summed E-state index contributed by atoms with van der Waals surface area (Å²) in [6.07, 6.45) is 1.81. The minimum absolute atomic E-state index is 0.171. The van der Waals surface area contributed by atoms with Crippen molar-refractivity contribution in [1.29, 1.82) is 0 Å². The number of rotatable bonds is 3. The van der Waals surface area contributed by atoms with Gasteiger partial charge in [0.2, 0.25) is 0 Å². The highest BCUT2D eigenvalue weighted by atomic mass is 19.1. The molecule has 2 heteroatoms. The van der Waals surface area contributed by atoms with Gasteiger partial charge in [-0.2, -0.15) is 0 Å². The van der Waals surface area contributed by atoms with Crippen molar-refractivity contribution in [1.82, 2.24) is 4.57 Å². The highest BCUT2D eigenvalue weighted by molar-refractivity contribution is 5.83. The van der Waals surface area contributed by atoms with Crippen molar-refractivity contribution in [2.45, 2.75) is 6.54 Å². The Morgan fingerprint density at radius 2 is 1.79 bits per heavy atom. The second-order valence-electron chi connectivity index (χ2n) is 4.51. The van der Waals surface area contributed by atoms with Crippen molar-refractivity contribution in [2.24, 2.45) is 0 Å². The zero-order chi connectivity index (χ0) is 13.2. The second-order valence-corrected chi connectivity index (χ2v) is 4.51. The maximum atomic E-state index is 13.8. The van der Waals surface area contributed by atoms with Crippen LogP contribution in [-0.4, -0.2) is 4.57 Å². The molecule has 0 unspecified atom stereocenters. The lowest BCUT2D eigenvalue weighted by Gasteiger charge is -2.09. The van der Waals surface area contributed by atoms with E-state index < -0.39 is 0 Å². The fraction of sp³-hybridized carbons (Fsp3) is 0.0588. The molecule has 0 fully saturated rings. The van der Waals surface area contributed by atoms with E-state index in [4.69, 9.17) is 0 Å². The Labute approximate surface area is 111 Å². The smallest absolute Gasteiger partial charge is 0.128 e. The molecule has 0 aliphatic rings. The van der Waals surface area contributed by atoms with E-state index in [1.807, 2.05) is 30.3 Å². The molecule has 0 saturated carbocycles. The van der Waals surface area contributed by atoms with E-state index in [9.17, 15) is 4.39 Å². The Hall–Kier alpha value is -2.35. The molecule has 3 rings (SSSR count). The third-order valence-electron chi connectivity index (χ3n) is 3.34. The van der Waals surface area contributed by atoms with Gasteiger partial charge in [-0.15, -0.1) is 0 Å². The lowest BCUT2D eigenvalue weighted by molar-refractivity contribution is 0.601. The van der Waals surface area contributed by atoms with Crippen LogP contribution in [0.1, 0.15) is 11.3 Å². The first-order valence-corrected chi connectivity index (χ1v) is 6.23. The lowest BCUT2D eigenvalue weighted by Crippen LogP contribution is -2.03. The monoisotopic (exact) mass is 251 g/mol. The van der Waals surface area contributed by atoms with E-state index >= 15 is 0 Å². The summed E-state index contributed by atoms with van der Waals surface area (Å²) in [6, 6.07) is 17.0. The van der Waals surface area contributed by atoms with Crippen LogP contribution in [0.5, 0.6) is 0 Å². The van der Waals surface area contributed by atoms with E-state index in [-0.39, 0.29) is 5.82 Å². The fourth-order valence-electron chi connectivity index (χ4n) is 2.37. The van der Waals surface area contributed by atoms with E-state index in [0.717, 1.165) is 16.6 Å². The Kier molecular flexibility index (Phi) is 2.92. The predicted octanol–water partition coefficient (Wildman–Crippen LogP) is 4.47. The summed E-state index contributed by atoms with van der Waals surface area (Å²) in [5.41, 5.74) is 2.79. The first-order valence-electron chi connectivity index (χ1n) is 6.23. The molecule has 0 spiro atoms. The van der Waals surface area contributed by atoms with Crippen molar-refractivity contribution < 1.29 is 4.39 Å². The third kappa shape index (κ3) is 2.06. The van der Waals surface area contributed by atoms with Gasteiger partial charge >= 0.3 is 0 Å². The largest absolute Gasteiger partial charge is 0.336 e. The van der Waals surface area contributed by atoms with Crippen molar-refractivity contribution >= 4 is 17.0 Å². The van der Waals surface area contributed by atoms with Crippen LogP contribution in [0.15, 0.2) is 61.2 Å². The minimum Gasteiger partial charge on any atom is -0.336 e. The molecule has 19 heavy (non-hydrogen) atoms. The van der Waals surface area contributed by atoms with Gasteiger partial charge in [0.05, 0.1) is 6.54 Å². The van der Waals surface area contributed by atoms with Crippen LogP contribution in [0.25, 0.3) is 17.0 Å². The third-order valence-corrected chi connectivity index (χ3v) is 3.34.